The highest BCUT2D eigenvalue weighted by Gasteiger charge is 2.17. The predicted octanol–water partition coefficient (Wildman–Crippen LogP) is 6.26. The fourth-order valence-electron chi connectivity index (χ4n) is 3.92. The van der Waals surface area contributed by atoms with Crippen LogP contribution in [0.4, 0.5) is 4.39 Å². The van der Waals surface area contributed by atoms with Gasteiger partial charge in [-0.1, -0.05) is 62.4 Å². The summed E-state index contributed by atoms with van der Waals surface area (Å²) in [4.78, 5) is 11.3. The minimum atomic E-state index is -0.902. The van der Waals surface area contributed by atoms with Crippen LogP contribution in [-0.2, 0) is 24.2 Å². The Kier molecular flexibility index (Phi) is 7.60. The van der Waals surface area contributed by atoms with Crippen molar-refractivity contribution < 1.29 is 19.0 Å². The van der Waals surface area contributed by atoms with Gasteiger partial charge < -0.3 is 9.84 Å². The van der Waals surface area contributed by atoms with Gasteiger partial charge in [-0.3, -0.25) is 9.48 Å². The Morgan fingerprint density at radius 3 is 2.51 bits per heavy atom. The highest BCUT2D eigenvalue weighted by molar-refractivity contribution is 5.76. The van der Waals surface area contributed by atoms with Crippen LogP contribution in [0.25, 0.3) is 22.5 Å². The van der Waals surface area contributed by atoms with Gasteiger partial charge in [-0.2, -0.15) is 5.10 Å². The molecule has 3 aromatic carbocycles. The average Bonchev–Trinajstić information content (AvgIpc) is 3.26. The molecule has 35 heavy (non-hydrogen) atoms. The normalized spacial score (nSPS) is 11.1. The lowest BCUT2D eigenvalue weighted by Crippen LogP contribution is -2.07. The summed E-state index contributed by atoms with van der Waals surface area (Å²) in [6.45, 7) is 5.27. The number of rotatable bonds is 10. The van der Waals surface area contributed by atoms with E-state index >= 15 is 0 Å². The van der Waals surface area contributed by atoms with E-state index in [-0.39, 0.29) is 12.2 Å². The molecular weight excluding hydrogens is 443 g/mol. The van der Waals surface area contributed by atoms with Crippen LogP contribution in [0.15, 0.2) is 78.9 Å². The predicted molar refractivity (Wildman–Crippen MR) is 135 cm³/mol. The molecule has 0 saturated heterocycles. The van der Waals surface area contributed by atoms with Crippen LogP contribution in [0.2, 0.25) is 0 Å². The van der Waals surface area contributed by atoms with Gasteiger partial charge in [-0.25, -0.2) is 4.39 Å². The van der Waals surface area contributed by atoms with Crippen molar-refractivity contribution in [3.05, 3.63) is 95.8 Å². The van der Waals surface area contributed by atoms with E-state index in [2.05, 4.69) is 26.0 Å². The van der Waals surface area contributed by atoms with Crippen LogP contribution in [0, 0.1) is 11.7 Å². The Morgan fingerprint density at radius 2 is 1.80 bits per heavy atom. The number of ether oxygens (including phenoxy) is 1. The quantitative estimate of drug-likeness (QED) is 0.296. The summed E-state index contributed by atoms with van der Waals surface area (Å²) >= 11 is 0. The minimum Gasteiger partial charge on any atom is -0.493 e. The lowest BCUT2D eigenvalue weighted by molar-refractivity contribution is -0.136. The van der Waals surface area contributed by atoms with Crippen molar-refractivity contribution in [3.8, 4) is 28.3 Å². The zero-order chi connectivity index (χ0) is 24.8. The van der Waals surface area contributed by atoms with E-state index < -0.39 is 5.97 Å². The number of benzene rings is 3. The van der Waals surface area contributed by atoms with Crippen molar-refractivity contribution in [2.24, 2.45) is 5.92 Å². The van der Waals surface area contributed by atoms with Gasteiger partial charge >= 0.3 is 5.97 Å². The Hall–Kier alpha value is -3.93. The molecule has 1 aromatic heterocycles. The monoisotopic (exact) mass is 472 g/mol. The zero-order valence-corrected chi connectivity index (χ0v) is 19.9. The molecule has 4 aromatic rings. The van der Waals surface area contributed by atoms with Crippen LogP contribution in [0.3, 0.4) is 0 Å². The van der Waals surface area contributed by atoms with Crippen LogP contribution in [-0.4, -0.2) is 27.5 Å². The minimum absolute atomic E-state index is 0.0943. The number of carboxylic acid groups (broad SMARTS) is 1. The molecule has 0 unspecified atom stereocenters. The number of hydrogen-bond donors (Lipinski definition) is 1. The molecular formula is C29H29FN2O3. The average molecular weight is 473 g/mol. The summed E-state index contributed by atoms with van der Waals surface area (Å²) in [6.07, 6.45) is 0.670. The molecule has 0 radical (unpaired) electrons. The molecule has 0 aliphatic heterocycles. The number of aryl methyl sites for hydroxylation is 2. The van der Waals surface area contributed by atoms with E-state index in [1.54, 1.807) is 18.2 Å². The Labute approximate surface area is 204 Å². The number of carbonyl (C=O) groups is 1. The smallest absolute Gasteiger partial charge is 0.307 e. The third-order valence-corrected chi connectivity index (χ3v) is 5.60. The number of carboxylic acids is 1. The maximum atomic E-state index is 14.1. The number of nitrogens with zero attached hydrogens (tertiary/aromatic N) is 2. The largest absolute Gasteiger partial charge is 0.493 e. The Bertz CT molecular complexity index is 1300. The molecule has 0 fully saturated rings. The maximum Gasteiger partial charge on any atom is 0.307 e. The number of halogens is 1. The number of hydrogen-bond acceptors (Lipinski definition) is 3. The van der Waals surface area contributed by atoms with Gasteiger partial charge in [0.25, 0.3) is 0 Å². The van der Waals surface area contributed by atoms with Gasteiger partial charge in [0.05, 0.1) is 24.4 Å². The third-order valence-electron chi connectivity index (χ3n) is 5.60. The van der Waals surface area contributed by atoms with Crippen molar-refractivity contribution in [1.82, 2.24) is 9.78 Å². The van der Waals surface area contributed by atoms with E-state index in [4.69, 9.17) is 9.84 Å². The first kappa shape index (κ1) is 24.2. The van der Waals surface area contributed by atoms with Gasteiger partial charge in [0.1, 0.15) is 11.6 Å². The first-order chi connectivity index (χ1) is 16.9. The lowest BCUT2D eigenvalue weighted by atomic mass is 10.0. The van der Waals surface area contributed by atoms with E-state index in [0.29, 0.717) is 36.1 Å². The summed E-state index contributed by atoms with van der Waals surface area (Å²) in [7, 11) is 0. The van der Waals surface area contributed by atoms with Crippen LogP contribution < -0.4 is 4.74 Å². The SMILES string of the molecule is CC(C)COc1ccc(CC(=O)O)cc1-c1cc(-c2cccc(F)c2)n(CCc2ccccc2)n1. The second-order valence-electron chi connectivity index (χ2n) is 8.99. The molecule has 5 nitrogen and oxygen atoms in total. The fourth-order valence-corrected chi connectivity index (χ4v) is 3.92. The molecule has 0 saturated carbocycles. The van der Waals surface area contributed by atoms with Crippen LogP contribution in [0.5, 0.6) is 5.75 Å². The second-order valence-corrected chi connectivity index (χ2v) is 8.99. The van der Waals surface area contributed by atoms with Crippen LogP contribution in [0.1, 0.15) is 25.0 Å². The molecule has 1 heterocycles. The van der Waals surface area contributed by atoms with E-state index in [1.165, 1.54) is 17.7 Å². The molecule has 0 amide bonds. The van der Waals surface area contributed by atoms with Crippen molar-refractivity contribution in [1.29, 1.82) is 0 Å². The van der Waals surface area contributed by atoms with Crippen molar-refractivity contribution >= 4 is 5.97 Å². The van der Waals surface area contributed by atoms with E-state index in [0.717, 1.165) is 23.2 Å². The van der Waals surface area contributed by atoms with Crippen molar-refractivity contribution in [2.75, 3.05) is 6.61 Å². The second kappa shape index (κ2) is 11.0. The number of aliphatic carboxylic acids is 1. The van der Waals surface area contributed by atoms with Gasteiger partial charge in [0.15, 0.2) is 0 Å². The third kappa shape index (κ3) is 6.35. The highest BCUT2D eigenvalue weighted by atomic mass is 19.1. The molecule has 4 rings (SSSR count). The number of aromatic nitrogens is 2. The van der Waals surface area contributed by atoms with Gasteiger partial charge in [-0.15, -0.1) is 0 Å². The molecule has 0 bridgehead atoms. The zero-order valence-electron chi connectivity index (χ0n) is 19.9. The van der Waals surface area contributed by atoms with Gasteiger partial charge in [0, 0.05) is 17.7 Å². The first-order valence-electron chi connectivity index (χ1n) is 11.7. The molecule has 0 atom stereocenters. The molecule has 180 valence electrons. The van der Waals surface area contributed by atoms with Crippen molar-refractivity contribution in [2.45, 2.75) is 33.2 Å². The van der Waals surface area contributed by atoms with Gasteiger partial charge in [0.2, 0.25) is 0 Å². The van der Waals surface area contributed by atoms with Crippen molar-refractivity contribution in [3.63, 3.8) is 0 Å². The standard InChI is InChI=1S/C29H29FN2O3/c1-20(2)19-35-28-12-11-22(16-29(33)34)15-25(28)26-18-27(23-9-6-10-24(30)17-23)32(31-26)14-13-21-7-4-3-5-8-21/h3-12,15,17-18,20H,13-14,16,19H2,1-2H3,(H,33,34). The van der Waals surface area contributed by atoms with Crippen LogP contribution >= 0.6 is 0 Å². The molecule has 0 spiro atoms. The summed E-state index contributed by atoms with van der Waals surface area (Å²) in [6, 6.07) is 23.9. The van der Waals surface area contributed by atoms with E-state index in [9.17, 15) is 14.3 Å². The molecule has 0 aliphatic carbocycles. The topological polar surface area (TPSA) is 64.3 Å². The molecule has 6 heteroatoms. The Balaban J connectivity index is 1.77. The summed E-state index contributed by atoms with van der Waals surface area (Å²) < 4.78 is 22.0. The maximum absolute atomic E-state index is 14.1. The van der Waals surface area contributed by atoms with E-state index in [1.807, 2.05) is 41.1 Å². The Morgan fingerprint density at radius 1 is 1.00 bits per heavy atom. The summed E-state index contributed by atoms with van der Waals surface area (Å²) in [5, 5.41) is 14.2. The lowest BCUT2D eigenvalue weighted by Gasteiger charge is -2.13. The van der Waals surface area contributed by atoms with Gasteiger partial charge in [-0.05, 0) is 53.8 Å². The fraction of sp³-hybridized carbons (Fsp3) is 0.241. The molecule has 0 aliphatic rings. The highest BCUT2D eigenvalue weighted by Crippen LogP contribution is 2.34. The summed E-state index contributed by atoms with van der Waals surface area (Å²) in [5.74, 6) is -0.246. The summed E-state index contributed by atoms with van der Waals surface area (Å²) in [5.41, 5.74) is 4.73. The first-order valence-corrected chi connectivity index (χ1v) is 11.7. The molecule has 1 N–H and O–H groups in total.